The van der Waals surface area contributed by atoms with Crippen LogP contribution in [0.5, 0.6) is 0 Å². The molecule has 4 aliphatic carbocycles. The zero-order valence-corrected chi connectivity index (χ0v) is 15.3. The van der Waals surface area contributed by atoms with E-state index in [1.54, 1.807) is 12.2 Å². The molecule has 0 heterocycles. The molecule has 0 aromatic heterocycles. The molecule has 4 heteroatoms. The quantitative estimate of drug-likeness (QED) is 0.742. The molecule has 3 saturated carbocycles. The Morgan fingerprint density at radius 3 is 2.76 bits per heavy atom. The number of aliphatic hydroxyl groups is 1. The lowest BCUT2D eigenvalue weighted by atomic mass is 9.47. The van der Waals surface area contributed by atoms with Crippen LogP contribution in [0, 0.1) is 28.6 Å². The van der Waals surface area contributed by atoms with Crippen molar-refractivity contribution in [3.8, 4) is 0 Å². The Kier molecular flexibility index (Phi) is 3.77. The third-order valence-electron chi connectivity index (χ3n) is 7.71. The van der Waals surface area contributed by atoms with Gasteiger partial charge in [-0.3, -0.25) is 9.59 Å². The summed E-state index contributed by atoms with van der Waals surface area (Å²) < 4.78 is 5.64. The molecule has 0 aliphatic heterocycles. The molecule has 4 aliphatic rings. The molecule has 136 valence electrons. The molecule has 4 nitrogen and oxygen atoms in total. The largest absolute Gasteiger partial charge is 0.462 e. The number of rotatable bonds is 1. The third kappa shape index (κ3) is 2.37. The van der Waals surface area contributed by atoms with Crippen molar-refractivity contribution in [2.24, 2.45) is 28.6 Å². The summed E-state index contributed by atoms with van der Waals surface area (Å²) in [6.45, 7) is 5.86. The van der Waals surface area contributed by atoms with Gasteiger partial charge in [-0.25, -0.2) is 0 Å². The molecule has 3 fully saturated rings. The number of hydrogen-bond acceptors (Lipinski definition) is 4. The van der Waals surface area contributed by atoms with Gasteiger partial charge in [0.2, 0.25) is 0 Å². The first kappa shape index (κ1) is 17.0. The molecule has 0 aromatic carbocycles. The second kappa shape index (κ2) is 5.54. The van der Waals surface area contributed by atoms with Crippen LogP contribution in [0.1, 0.15) is 52.9 Å². The van der Waals surface area contributed by atoms with Gasteiger partial charge in [-0.15, -0.1) is 0 Å². The van der Waals surface area contributed by atoms with Crippen LogP contribution in [0.4, 0.5) is 0 Å². The van der Waals surface area contributed by atoms with Gasteiger partial charge in [0.15, 0.2) is 5.78 Å². The van der Waals surface area contributed by atoms with Gasteiger partial charge >= 0.3 is 5.97 Å². The summed E-state index contributed by atoms with van der Waals surface area (Å²) in [6.07, 6.45) is 9.52. The predicted octanol–water partition coefficient (Wildman–Crippen LogP) is 3.20. The maximum atomic E-state index is 11.8. The van der Waals surface area contributed by atoms with E-state index in [2.05, 4.69) is 13.8 Å². The van der Waals surface area contributed by atoms with Gasteiger partial charge in [0.1, 0.15) is 6.10 Å². The number of carbonyl (C=O) groups is 2. The first-order chi connectivity index (χ1) is 11.8. The molecule has 7 atom stereocenters. The fraction of sp³-hybridized carbons (Fsp3) is 0.714. The highest BCUT2D eigenvalue weighted by atomic mass is 16.5. The minimum atomic E-state index is -0.436. The molecule has 0 amide bonds. The van der Waals surface area contributed by atoms with E-state index >= 15 is 0 Å². The van der Waals surface area contributed by atoms with Crippen molar-refractivity contribution < 1.29 is 19.4 Å². The van der Waals surface area contributed by atoms with Crippen molar-refractivity contribution in [1.82, 2.24) is 0 Å². The molecular formula is C21H28O4. The van der Waals surface area contributed by atoms with Crippen LogP contribution in [0.2, 0.25) is 0 Å². The van der Waals surface area contributed by atoms with Gasteiger partial charge in [0, 0.05) is 23.7 Å². The van der Waals surface area contributed by atoms with Crippen molar-refractivity contribution in [1.29, 1.82) is 0 Å². The SMILES string of the molecule is CC(=O)OC1CCC2C3CCC4=CC(=O)C=CC4(C)C3C(O)CC12C. The van der Waals surface area contributed by atoms with Crippen molar-refractivity contribution in [3.05, 3.63) is 23.8 Å². The van der Waals surface area contributed by atoms with Gasteiger partial charge in [-0.05, 0) is 56.1 Å². The fourth-order valence-electron chi connectivity index (χ4n) is 6.67. The minimum Gasteiger partial charge on any atom is -0.462 e. The van der Waals surface area contributed by atoms with Gasteiger partial charge < -0.3 is 9.84 Å². The Bertz CT molecular complexity index is 677. The number of allylic oxidation sites excluding steroid dienone is 4. The Morgan fingerprint density at radius 1 is 1.28 bits per heavy atom. The summed E-state index contributed by atoms with van der Waals surface area (Å²) >= 11 is 0. The van der Waals surface area contributed by atoms with Crippen LogP contribution in [0.3, 0.4) is 0 Å². The Balaban J connectivity index is 1.69. The van der Waals surface area contributed by atoms with Crippen molar-refractivity contribution in [2.45, 2.75) is 65.1 Å². The van der Waals surface area contributed by atoms with Crippen molar-refractivity contribution >= 4 is 11.8 Å². The highest BCUT2D eigenvalue weighted by Gasteiger charge is 2.62. The summed E-state index contributed by atoms with van der Waals surface area (Å²) in [6, 6.07) is 0. The summed E-state index contributed by atoms with van der Waals surface area (Å²) in [5.41, 5.74) is 0.813. The van der Waals surface area contributed by atoms with Crippen molar-refractivity contribution in [2.75, 3.05) is 0 Å². The number of ketones is 1. The van der Waals surface area contributed by atoms with Gasteiger partial charge in [-0.2, -0.15) is 0 Å². The lowest BCUT2D eigenvalue weighted by Crippen LogP contribution is -2.56. The average Bonchev–Trinajstić information content (AvgIpc) is 2.83. The summed E-state index contributed by atoms with van der Waals surface area (Å²) in [7, 11) is 0. The van der Waals surface area contributed by atoms with E-state index in [1.165, 1.54) is 12.5 Å². The van der Waals surface area contributed by atoms with Gasteiger partial charge in [-0.1, -0.05) is 25.5 Å². The normalized spacial score (nSPS) is 48.2. The zero-order chi connectivity index (χ0) is 18.0. The monoisotopic (exact) mass is 344 g/mol. The second-order valence-corrected chi connectivity index (χ2v) is 8.98. The molecule has 0 spiro atoms. The van der Waals surface area contributed by atoms with E-state index in [-0.39, 0.29) is 34.6 Å². The number of fused-ring (bicyclic) bond motifs is 5. The Labute approximate surface area is 149 Å². The number of esters is 1. The smallest absolute Gasteiger partial charge is 0.302 e. The maximum absolute atomic E-state index is 11.8. The van der Waals surface area contributed by atoms with E-state index in [9.17, 15) is 14.7 Å². The molecule has 0 radical (unpaired) electrons. The van der Waals surface area contributed by atoms with Gasteiger partial charge in [0.25, 0.3) is 0 Å². The summed E-state index contributed by atoms with van der Waals surface area (Å²) in [5, 5.41) is 11.2. The third-order valence-corrected chi connectivity index (χ3v) is 7.71. The van der Waals surface area contributed by atoms with E-state index in [0.29, 0.717) is 18.3 Å². The molecule has 1 N–H and O–H groups in total. The van der Waals surface area contributed by atoms with Crippen LogP contribution >= 0.6 is 0 Å². The maximum Gasteiger partial charge on any atom is 0.302 e. The van der Waals surface area contributed by atoms with Crippen molar-refractivity contribution in [3.63, 3.8) is 0 Å². The first-order valence-corrected chi connectivity index (χ1v) is 9.55. The van der Waals surface area contributed by atoms with Gasteiger partial charge in [0.05, 0.1) is 6.10 Å². The fourth-order valence-corrected chi connectivity index (χ4v) is 6.67. The second-order valence-electron chi connectivity index (χ2n) is 8.98. The zero-order valence-electron chi connectivity index (χ0n) is 15.3. The first-order valence-electron chi connectivity index (χ1n) is 9.55. The standard InChI is InChI=1S/C21H28O4/c1-12(22)25-18-7-6-16-15-5-4-13-10-14(23)8-9-20(13,2)19(15)17(24)11-21(16,18)3/h8-10,15-19,24H,4-7,11H2,1-3H3. The molecular weight excluding hydrogens is 316 g/mol. The number of hydrogen-bond donors (Lipinski definition) is 1. The number of aliphatic hydroxyl groups excluding tert-OH is 1. The Morgan fingerprint density at radius 2 is 2.04 bits per heavy atom. The molecule has 0 saturated heterocycles. The van der Waals surface area contributed by atoms with E-state index < -0.39 is 6.10 Å². The highest BCUT2D eigenvalue weighted by Crippen LogP contribution is 2.64. The van der Waals surface area contributed by atoms with E-state index in [4.69, 9.17) is 4.74 Å². The topological polar surface area (TPSA) is 63.6 Å². The lowest BCUT2D eigenvalue weighted by molar-refractivity contribution is -0.165. The van der Waals surface area contributed by atoms with Crippen LogP contribution in [-0.4, -0.2) is 29.1 Å². The molecule has 0 aromatic rings. The lowest BCUT2D eigenvalue weighted by Gasteiger charge is -2.58. The Hall–Kier alpha value is -1.42. The highest BCUT2D eigenvalue weighted by molar-refractivity contribution is 6.01. The predicted molar refractivity (Wildman–Crippen MR) is 93.6 cm³/mol. The van der Waals surface area contributed by atoms with Crippen LogP contribution in [-0.2, 0) is 14.3 Å². The number of carbonyl (C=O) groups excluding carboxylic acids is 2. The minimum absolute atomic E-state index is 0.0665. The molecule has 4 rings (SSSR count). The summed E-state index contributed by atoms with van der Waals surface area (Å²) in [5.74, 6) is 0.866. The number of ether oxygens (including phenoxy) is 1. The van der Waals surface area contributed by atoms with E-state index in [0.717, 1.165) is 25.7 Å². The average molecular weight is 344 g/mol. The van der Waals surface area contributed by atoms with Crippen LogP contribution in [0.25, 0.3) is 0 Å². The molecule has 0 bridgehead atoms. The van der Waals surface area contributed by atoms with Crippen LogP contribution < -0.4 is 0 Å². The van der Waals surface area contributed by atoms with Crippen LogP contribution in [0.15, 0.2) is 23.8 Å². The molecule has 7 unspecified atom stereocenters. The van der Waals surface area contributed by atoms with E-state index in [1.807, 2.05) is 6.08 Å². The molecule has 25 heavy (non-hydrogen) atoms. The summed E-state index contributed by atoms with van der Waals surface area (Å²) in [4.78, 5) is 23.3.